The number of aromatic nitrogens is 3. The molecule has 0 spiro atoms. The summed E-state index contributed by atoms with van der Waals surface area (Å²) in [5.74, 6) is 0.633. The van der Waals surface area contributed by atoms with Gasteiger partial charge in [-0.3, -0.25) is 4.79 Å². The molecule has 1 aliphatic heterocycles. The van der Waals surface area contributed by atoms with Crippen molar-refractivity contribution in [3.63, 3.8) is 0 Å². The van der Waals surface area contributed by atoms with Gasteiger partial charge < -0.3 is 4.90 Å². The summed E-state index contributed by atoms with van der Waals surface area (Å²) < 4.78 is 42.2. The number of hydrogen-bond acceptors (Lipinski definition) is 4. The van der Waals surface area contributed by atoms with E-state index in [0.29, 0.717) is 35.3 Å². The van der Waals surface area contributed by atoms with E-state index in [1.807, 2.05) is 10.3 Å². The summed E-state index contributed by atoms with van der Waals surface area (Å²) in [5, 5.41) is 6.10. The zero-order valence-corrected chi connectivity index (χ0v) is 17.2. The average Bonchev–Trinajstić information content (AvgIpc) is 3.13. The van der Waals surface area contributed by atoms with Crippen LogP contribution in [0.15, 0.2) is 29.6 Å². The van der Waals surface area contributed by atoms with Gasteiger partial charge in [-0.1, -0.05) is 13.0 Å². The fraction of sp³-hybridized carbons (Fsp3) is 0.476. The van der Waals surface area contributed by atoms with Crippen LogP contribution in [0.3, 0.4) is 0 Å². The van der Waals surface area contributed by atoms with Crippen LogP contribution in [0, 0.1) is 11.8 Å². The molecule has 0 aromatic carbocycles. The molecule has 30 heavy (non-hydrogen) atoms. The summed E-state index contributed by atoms with van der Waals surface area (Å²) in [6.07, 6.45) is -2.00. The standard InChI is InChI=1S/C21H21F3N4OS/c1-12-8-14(12)20(29)27-6-2-4-13(11-27)15-10-19-25-16(17-5-3-7-30-17)9-18(21(22,23)24)28(19)26-15/h3,5,7,9-10,12-14H,2,4,6,8,11H2,1H3/t12-,13+,14-/m1/s1. The highest BCUT2D eigenvalue weighted by Crippen LogP contribution is 2.41. The lowest BCUT2D eigenvalue weighted by molar-refractivity contribution is -0.142. The first-order valence-electron chi connectivity index (χ1n) is 10.1. The molecule has 1 saturated heterocycles. The summed E-state index contributed by atoms with van der Waals surface area (Å²) in [5.41, 5.74) is 0.206. The maximum absolute atomic E-state index is 13.8. The molecule has 2 fully saturated rings. The normalized spacial score (nSPS) is 24.4. The zero-order valence-electron chi connectivity index (χ0n) is 16.4. The third kappa shape index (κ3) is 3.49. The van der Waals surface area contributed by atoms with Crippen LogP contribution in [-0.4, -0.2) is 38.5 Å². The highest BCUT2D eigenvalue weighted by Gasteiger charge is 2.42. The van der Waals surface area contributed by atoms with Gasteiger partial charge in [-0.2, -0.15) is 18.3 Å². The lowest BCUT2D eigenvalue weighted by atomic mass is 9.94. The molecule has 2 aliphatic rings. The maximum atomic E-state index is 13.8. The van der Waals surface area contributed by atoms with Crippen molar-refractivity contribution in [2.24, 2.45) is 11.8 Å². The Morgan fingerprint density at radius 1 is 1.30 bits per heavy atom. The van der Waals surface area contributed by atoms with Crippen LogP contribution in [-0.2, 0) is 11.0 Å². The molecular weight excluding hydrogens is 413 g/mol. The molecule has 4 heterocycles. The van der Waals surface area contributed by atoms with Gasteiger partial charge in [-0.15, -0.1) is 11.3 Å². The minimum absolute atomic E-state index is 0.0790. The molecule has 3 aromatic heterocycles. The largest absolute Gasteiger partial charge is 0.433 e. The zero-order chi connectivity index (χ0) is 21.0. The lowest BCUT2D eigenvalue weighted by Gasteiger charge is -2.32. The minimum Gasteiger partial charge on any atom is -0.342 e. The van der Waals surface area contributed by atoms with Crippen LogP contribution in [0.5, 0.6) is 0 Å². The molecule has 3 aromatic rings. The molecule has 5 nitrogen and oxygen atoms in total. The van der Waals surface area contributed by atoms with Crippen molar-refractivity contribution in [2.75, 3.05) is 13.1 Å². The van der Waals surface area contributed by atoms with Crippen molar-refractivity contribution in [3.8, 4) is 10.6 Å². The van der Waals surface area contributed by atoms with Gasteiger partial charge in [0, 0.05) is 31.0 Å². The highest BCUT2D eigenvalue weighted by molar-refractivity contribution is 7.13. The summed E-state index contributed by atoms with van der Waals surface area (Å²) in [4.78, 5) is 19.6. The number of likely N-dealkylation sites (tertiary alicyclic amines) is 1. The molecule has 1 saturated carbocycles. The summed E-state index contributed by atoms with van der Waals surface area (Å²) in [6.45, 7) is 3.28. The van der Waals surface area contributed by atoms with Crippen molar-refractivity contribution < 1.29 is 18.0 Å². The van der Waals surface area contributed by atoms with Crippen molar-refractivity contribution in [1.29, 1.82) is 0 Å². The molecule has 0 radical (unpaired) electrons. The van der Waals surface area contributed by atoms with E-state index < -0.39 is 11.9 Å². The van der Waals surface area contributed by atoms with Crippen LogP contribution < -0.4 is 0 Å². The molecule has 9 heteroatoms. The van der Waals surface area contributed by atoms with Gasteiger partial charge in [0.2, 0.25) is 5.91 Å². The smallest absolute Gasteiger partial charge is 0.342 e. The Bertz CT molecular complexity index is 1090. The fourth-order valence-corrected chi connectivity index (χ4v) is 4.95. The van der Waals surface area contributed by atoms with Gasteiger partial charge in [0.15, 0.2) is 11.3 Å². The molecule has 5 rings (SSSR count). The van der Waals surface area contributed by atoms with E-state index in [1.54, 1.807) is 18.2 Å². The number of hydrogen-bond donors (Lipinski definition) is 0. The molecular formula is C21H21F3N4OS. The quantitative estimate of drug-likeness (QED) is 0.593. The predicted octanol–water partition coefficient (Wildman–Crippen LogP) is 4.84. The second-order valence-electron chi connectivity index (χ2n) is 8.28. The monoisotopic (exact) mass is 434 g/mol. The van der Waals surface area contributed by atoms with E-state index in [0.717, 1.165) is 29.8 Å². The van der Waals surface area contributed by atoms with Gasteiger partial charge in [0.05, 0.1) is 16.3 Å². The summed E-state index contributed by atoms with van der Waals surface area (Å²) >= 11 is 1.35. The lowest BCUT2D eigenvalue weighted by Crippen LogP contribution is -2.40. The number of fused-ring (bicyclic) bond motifs is 1. The van der Waals surface area contributed by atoms with E-state index in [4.69, 9.17) is 0 Å². The molecule has 1 aliphatic carbocycles. The van der Waals surface area contributed by atoms with Crippen LogP contribution in [0.1, 0.15) is 43.5 Å². The van der Waals surface area contributed by atoms with E-state index in [9.17, 15) is 18.0 Å². The Labute approximate surface area is 175 Å². The van der Waals surface area contributed by atoms with Gasteiger partial charge in [0.25, 0.3) is 0 Å². The number of rotatable bonds is 3. The van der Waals surface area contributed by atoms with E-state index in [-0.39, 0.29) is 23.4 Å². The first kappa shape index (κ1) is 19.5. The van der Waals surface area contributed by atoms with Crippen LogP contribution in [0.2, 0.25) is 0 Å². The number of piperidine rings is 1. The fourth-order valence-electron chi connectivity index (χ4n) is 4.26. The second kappa shape index (κ2) is 7.08. The van der Waals surface area contributed by atoms with Crippen LogP contribution in [0.25, 0.3) is 16.2 Å². The highest BCUT2D eigenvalue weighted by atomic mass is 32.1. The van der Waals surface area contributed by atoms with Crippen molar-refractivity contribution >= 4 is 22.9 Å². The first-order valence-corrected chi connectivity index (χ1v) is 11.0. The molecule has 0 bridgehead atoms. The van der Waals surface area contributed by atoms with E-state index in [1.165, 1.54) is 11.3 Å². The van der Waals surface area contributed by atoms with Crippen molar-refractivity contribution in [1.82, 2.24) is 19.5 Å². The first-order chi connectivity index (χ1) is 14.3. The van der Waals surface area contributed by atoms with Crippen LogP contribution >= 0.6 is 11.3 Å². The summed E-state index contributed by atoms with van der Waals surface area (Å²) in [7, 11) is 0. The van der Waals surface area contributed by atoms with Gasteiger partial charge >= 0.3 is 6.18 Å². The molecule has 1 amide bonds. The average molecular weight is 434 g/mol. The third-order valence-corrected chi connectivity index (χ3v) is 6.98. The Morgan fingerprint density at radius 3 is 2.77 bits per heavy atom. The van der Waals surface area contributed by atoms with Gasteiger partial charge in [0.1, 0.15) is 0 Å². The molecule has 0 unspecified atom stereocenters. The Hall–Kier alpha value is -2.42. The van der Waals surface area contributed by atoms with E-state index >= 15 is 0 Å². The predicted molar refractivity (Wildman–Crippen MR) is 107 cm³/mol. The van der Waals surface area contributed by atoms with E-state index in [2.05, 4.69) is 17.0 Å². The topological polar surface area (TPSA) is 50.5 Å². The number of alkyl halides is 3. The van der Waals surface area contributed by atoms with Gasteiger partial charge in [-0.05, 0) is 42.7 Å². The number of carbonyl (C=O) groups is 1. The minimum atomic E-state index is -4.55. The second-order valence-corrected chi connectivity index (χ2v) is 9.23. The van der Waals surface area contributed by atoms with Crippen LogP contribution in [0.4, 0.5) is 13.2 Å². The third-order valence-electron chi connectivity index (χ3n) is 6.09. The van der Waals surface area contributed by atoms with Crippen molar-refractivity contribution in [2.45, 2.75) is 38.3 Å². The number of halogens is 3. The molecule has 0 N–H and O–H groups in total. The summed E-state index contributed by atoms with van der Waals surface area (Å²) in [6, 6.07) is 6.24. The number of thiophene rings is 1. The maximum Gasteiger partial charge on any atom is 0.433 e. The SMILES string of the molecule is C[C@@H]1C[C@H]1C(=O)N1CCC[C@H](c2cc3nc(-c4cccs4)cc(C(F)(F)F)n3n2)C1. The van der Waals surface area contributed by atoms with Gasteiger partial charge in [-0.25, -0.2) is 9.50 Å². The molecule has 158 valence electrons. The molecule has 3 atom stereocenters. The Balaban J connectivity index is 1.50. The Kier molecular flexibility index (Phi) is 4.61. The van der Waals surface area contributed by atoms with Crippen molar-refractivity contribution in [3.05, 3.63) is 41.0 Å². The number of carbonyl (C=O) groups excluding carboxylic acids is 1. The Morgan fingerprint density at radius 2 is 2.10 bits per heavy atom. The number of nitrogens with zero attached hydrogens (tertiary/aromatic N) is 4. The number of amides is 1.